The van der Waals surface area contributed by atoms with Crippen LogP contribution in [0.4, 0.5) is 4.39 Å². The first-order valence-electron chi connectivity index (χ1n) is 5.75. The summed E-state index contributed by atoms with van der Waals surface area (Å²) in [7, 11) is 0. The Kier molecular flexibility index (Phi) is 9.10. The lowest BCUT2D eigenvalue weighted by molar-refractivity contribution is -0.124. The summed E-state index contributed by atoms with van der Waals surface area (Å²) in [6.07, 6.45) is 0.748. The smallest absolute Gasteiger partial charge is 0.227 e. The van der Waals surface area contributed by atoms with Crippen LogP contribution in [0.2, 0.25) is 0 Å². The third-order valence-corrected chi connectivity index (χ3v) is 2.57. The zero-order valence-electron chi connectivity index (χ0n) is 10.5. The molecule has 0 aliphatic carbocycles. The molecule has 0 spiro atoms. The van der Waals surface area contributed by atoms with Gasteiger partial charge in [-0.25, -0.2) is 4.39 Å². The highest BCUT2D eigenvalue weighted by atomic mass is 79.9. The Labute approximate surface area is 115 Å². The maximum Gasteiger partial charge on any atom is 0.227 e. The first-order valence-corrected chi connectivity index (χ1v) is 6.87. The average molecular weight is 318 g/mol. The van der Waals surface area contributed by atoms with E-state index in [9.17, 15) is 14.0 Å². The largest absolute Gasteiger partial charge is 0.296 e. The predicted molar refractivity (Wildman–Crippen MR) is 72.8 cm³/mol. The first kappa shape index (κ1) is 16.8. The van der Waals surface area contributed by atoms with Crippen LogP contribution < -0.4 is 5.32 Å². The van der Waals surface area contributed by atoms with Gasteiger partial charge in [-0.2, -0.15) is 0 Å². The fourth-order valence-electron chi connectivity index (χ4n) is 1.08. The van der Waals surface area contributed by atoms with Crippen LogP contribution in [0.1, 0.15) is 32.3 Å². The molecular weight excluding hydrogens is 301 g/mol. The van der Waals surface area contributed by atoms with Crippen molar-refractivity contribution in [2.24, 2.45) is 0 Å². The SMILES string of the molecule is CC.Fc1ccc(CBr)cc1.O=C1CCC(=O)N1. The molecule has 1 aromatic rings. The minimum absolute atomic E-state index is 0.148. The van der Waals surface area contributed by atoms with Crippen LogP contribution in [-0.2, 0) is 14.9 Å². The molecule has 18 heavy (non-hydrogen) atoms. The van der Waals surface area contributed by atoms with Crippen LogP contribution in [0.25, 0.3) is 0 Å². The molecule has 1 saturated heterocycles. The Hall–Kier alpha value is -1.23. The summed E-state index contributed by atoms with van der Waals surface area (Å²) in [6.45, 7) is 4.00. The standard InChI is InChI=1S/C7H6BrF.C4H5NO2.C2H6/c8-5-6-1-3-7(9)4-2-6;6-3-1-2-4(7)5-3;1-2/h1-4H,5H2;1-2H2,(H,5,6,7);1-2H3. The summed E-state index contributed by atoms with van der Waals surface area (Å²) < 4.78 is 12.2. The van der Waals surface area contributed by atoms with E-state index in [4.69, 9.17) is 0 Å². The van der Waals surface area contributed by atoms with Gasteiger partial charge in [-0.1, -0.05) is 41.9 Å². The van der Waals surface area contributed by atoms with Crippen LogP contribution in [0.3, 0.4) is 0 Å². The second-order valence-electron chi connectivity index (χ2n) is 3.23. The summed E-state index contributed by atoms with van der Waals surface area (Å²) in [5.74, 6) is -0.477. The van der Waals surface area contributed by atoms with E-state index in [0.717, 1.165) is 10.9 Å². The number of nitrogens with one attached hydrogen (secondary N) is 1. The maximum atomic E-state index is 12.2. The Balaban J connectivity index is 0.000000289. The summed E-state index contributed by atoms with van der Waals surface area (Å²) >= 11 is 3.26. The molecule has 2 amide bonds. The third kappa shape index (κ3) is 7.17. The van der Waals surface area contributed by atoms with Crippen LogP contribution in [0.5, 0.6) is 0 Å². The Morgan fingerprint density at radius 2 is 1.56 bits per heavy atom. The number of halogens is 2. The molecule has 3 nitrogen and oxygen atoms in total. The van der Waals surface area contributed by atoms with Crippen molar-refractivity contribution in [3.8, 4) is 0 Å². The molecular formula is C13H17BrFNO2. The van der Waals surface area contributed by atoms with Crippen molar-refractivity contribution in [1.82, 2.24) is 5.32 Å². The van der Waals surface area contributed by atoms with E-state index in [1.54, 1.807) is 12.1 Å². The number of hydrogen-bond acceptors (Lipinski definition) is 2. The van der Waals surface area contributed by atoms with Crippen molar-refractivity contribution in [3.63, 3.8) is 0 Å². The van der Waals surface area contributed by atoms with E-state index in [1.807, 2.05) is 13.8 Å². The molecule has 1 N–H and O–H groups in total. The minimum Gasteiger partial charge on any atom is -0.296 e. The van der Waals surface area contributed by atoms with E-state index in [-0.39, 0.29) is 17.6 Å². The molecule has 2 rings (SSSR count). The predicted octanol–water partition coefficient (Wildman–Crippen LogP) is 3.17. The minimum atomic E-state index is -0.181. The summed E-state index contributed by atoms with van der Waals surface area (Å²) in [6, 6.07) is 6.42. The van der Waals surface area contributed by atoms with Gasteiger partial charge in [-0.15, -0.1) is 0 Å². The van der Waals surface area contributed by atoms with Crippen LogP contribution in [0, 0.1) is 5.82 Å². The lowest BCUT2D eigenvalue weighted by Gasteiger charge is -1.91. The first-order chi connectivity index (χ1) is 8.61. The van der Waals surface area contributed by atoms with Gasteiger partial charge >= 0.3 is 0 Å². The molecule has 1 aliphatic heterocycles. The van der Waals surface area contributed by atoms with Gasteiger partial charge in [-0.05, 0) is 17.7 Å². The summed E-state index contributed by atoms with van der Waals surface area (Å²) in [5.41, 5.74) is 1.09. The Morgan fingerprint density at radius 1 is 1.11 bits per heavy atom. The number of hydrogen-bond donors (Lipinski definition) is 1. The van der Waals surface area contributed by atoms with Gasteiger partial charge < -0.3 is 0 Å². The van der Waals surface area contributed by atoms with E-state index >= 15 is 0 Å². The molecule has 5 heteroatoms. The van der Waals surface area contributed by atoms with Crippen molar-refractivity contribution in [1.29, 1.82) is 0 Å². The average Bonchev–Trinajstić information content (AvgIpc) is 2.77. The van der Waals surface area contributed by atoms with Gasteiger partial charge in [0.05, 0.1) is 0 Å². The van der Waals surface area contributed by atoms with Crippen molar-refractivity contribution in [2.75, 3.05) is 0 Å². The van der Waals surface area contributed by atoms with Crippen molar-refractivity contribution >= 4 is 27.7 Å². The molecule has 1 aliphatic rings. The number of rotatable bonds is 1. The van der Waals surface area contributed by atoms with E-state index in [0.29, 0.717) is 12.8 Å². The molecule has 100 valence electrons. The molecule has 0 bridgehead atoms. The molecule has 0 saturated carbocycles. The molecule has 1 fully saturated rings. The molecule has 0 aromatic heterocycles. The highest BCUT2D eigenvalue weighted by molar-refractivity contribution is 9.08. The summed E-state index contributed by atoms with van der Waals surface area (Å²) in [5, 5.41) is 2.92. The molecule has 0 radical (unpaired) electrons. The Bertz CT molecular complexity index is 365. The van der Waals surface area contributed by atoms with Gasteiger partial charge in [0.1, 0.15) is 5.82 Å². The monoisotopic (exact) mass is 317 g/mol. The van der Waals surface area contributed by atoms with Crippen molar-refractivity contribution in [3.05, 3.63) is 35.6 Å². The highest BCUT2D eigenvalue weighted by Crippen LogP contribution is 2.05. The fourth-order valence-corrected chi connectivity index (χ4v) is 1.45. The zero-order chi connectivity index (χ0) is 14.0. The van der Waals surface area contributed by atoms with E-state index < -0.39 is 0 Å². The maximum absolute atomic E-state index is 12.2. The van der Waals surface area contributed by atoms with E-state index in [2.05, 4.69) is 21.2 Å². The van der Waals surface area contributed by atoms with Gasteiger partial charge in [0, 0.05) is 18.2 Å². The van der Waals surface area contributed by atoms with Crippen molar-refractivity contribution < 1.29 is 14.0 Å². The highest BCUT2D eigenvalue weighted by Gasteiger charge is 2.15. The number of amides is 2. The van der Waals surface area contributed by atoms with Crippen molar-refractivity contribution in [2.45, 2.75) is 32.0 Å². The third-order valence-electron chi connectivity index (χ3n) is 1.93. The van der Waals surface area contributed by atoms with Gasteiger partial charge in [-0.3, -0.25) is 14.9 Å². The zero-order valence-corrected chi connectivity index (χ0v) is 12.1. The molecule has 1 aromatic carbocycles. The number of imide groups is 1. The fraction of sp³-hybridized carbons (Fsp3) is 0.385. The van der Waals surface area contributed by atoms with Crippen LogP contribution in [-0.4, -0.2) is 11.8 Å². The number of carbonyl (C=O) groups is 2. The second kappa shape index (κ2) is 9.76. The van der Waals surface area contributed by atoms with Gasteiger partial charge in [0.25, 0.3) is 0 Å². The lowest BCUT2D eigenvalue weighted by Crippen LogP contribution is -2.18. The Morgan fingerprint density at radius 3 is 1.83 bits per heavy atom. The lowest BCUT2D eigenvalue weighted by atomic mass is 10.2. The van der Waals surface area contributed by atoms with E-state index in [1.165, 1.54) is 12.1 Å². The normalized spacial score (nSPS) is 12.9. The topological polar surface area (TPSA) is 46.2 Å². The van der Waals surface area contributed by atoms with Gasteiger partial charge in [0.2, 0.25) is 11.8 Å². The van der Waals surface area contributed by atoms with Crippen LogP contribution >= 0.6 is 15.9 Å². The molecule has 0 atom stereocenters. The molecule has 0 unspecified atom stereocenters. The molecule has 1 heterocycles. The number of carbonyl (C=O) groups excluding carboxylic acids is 2. The number of benzene rings is 1. The second-order valence-corrected chi connectivity index (χ2v) is 3.79. The quantitative estimate of drug-likeness (QED) is 0.638. The van der Waals surface area contributed by atoms with Gasteiger partial charge in [0.15, 0.2) is 0 Å². The van der Waals surface area contributed by atoms with Crippen LogP contribution in [0.15, 0.2) is 24.3 Å². The number of alkyl halides is 1. The summed E-state index contributed by atoms with van der Waals surface area (Å²) in [4.78, 5) is 20.2.